The molecule has 0 aromatic heterocycles. The lowest BCUT2D eigenvalue weighted by molar-refractivity contribution is -0.152. The lowest BCUT2D eigenvalue weighted by atomic mass is 9.88. The molecule has 6 nitrogen and oxygen atoms in total. The van der Waals surface area contributed by atoms with Crippen LogP contribution in [0.15, 0.2) is 42.5 Å². The van der Waals surface area contributed by atoms with E-state index in [1.807, 2.05) is 18.2 Å². The molecule has 8 heteroatoms. The highest BCUT2D eigenvalue weighted by atomic mass is 35.5. The molecule has 0 radical (unpaired) electrons. The average molecular weight is 475 g/mol. The van der Waals surface area contributed by atoms with E-state index in [1.165, 1.54) is 16.5 Å². The van der Waals surface area contributed by atoms with E-state index in [1.54, 1.807) is 12.1 Å². The SMILES string of the molecule is O=C(COC(=O)C1CCCN1C(=O)c1cc(Cl)ccc1Cl)NC1CCCc2ccccc21. The van der Waals surface area contributed by atoms with Crippen molar-refractivity contribution in [2.45, 2.75) is 44.2 Å². The van der Waals surface area contributed by atoms with Crippen molar-refractivity contribution in [3.63, 3.8) is 0 Å². The Kier molecular flexibility index (Phi) is 7.01. The number of likely N-dealkylation sites (tertiary alicyclic amines) is 1. The van der Waals surface area contributed by atoms with E-state index in [2.05, 4.69) is 11.4 Å². The van der Waals surface area contributed by atoms with Gasteiger partial charge in [0.15, 0.2) is 6.61 Å². The second-order valence-corrected chi connectivity index (χ2v) is 8.94. The minimum absolute atomic E-state index is 0.0827. The van der Waals surface area contributed by atoms with Gasteiger partial charge in [0.2, 0.25) is 0 Å². The number of hydrogen-bond acceptors (Lipinski definition) is 4. The third-order valence-electron chi connectivity index (χ3n) is 5.99. The molecule has 2 aromatic rings. The van der Waals surface area contributed by atoms with Gasteiger partial charge in [-0.15, -0.1) is 0 Å². The molecule has 2 aromatic carbocycles. The van der Waals surface area contributed by atoms with Crippen LogP contribution < -0.4 is 5.32 Å². The summed E-state index contributed by atoms with van der Waals surface area (Å²) >= 11 is 12.1. The van der Waals surface area contributed by atoms with Crippen molar-refractivity contribution in [1.29, 1.82) is 0 Å². The molecule has 0 spiro atoms. The van der Waals surface area contributed by atoms with E-state index in [4.69, 9.17) is 27.9 Å². The second kappa shape index (κ2) is 9.92. The molecule has 1 heterocycles. The molecule has 1 fully saturated rings. The van der Waals surface area contributed by atoms with E-state index < -0.39 is 12.0 Å². The molecule has 2 atom stereocenters. The lowest BCUT2D eigenvalue weighted by Crippen LogP contribution is -2.43. The maximum absolute atomic E-state index is 12.9. The first-order valence-corrected chi connectivity index (χ1v) is 11.5. The fourth-order valence-corrected chi connectivity index (χ4v) is 4.81. The number of fused-ring (bicyclic) bond motifs is 1. The van der Waals surface area contributed by atoms with Crippen LogP contribution in [-0.4, -0.2) is 41.9 Å². The second-order valence-electron chi connectivity index (χ2n) is 8.10. The number of nitrogens with zero attached hydrogens (tertiary/aromatic N) is 1. The zero-order valence-corrected chi connectivity index (χ0v) is 19.0. The summed E-state index contributed by atoms with van der Waals surface area (Å²) in [6, 6.07) is 11.9. The van der Waals surface area contributed by atoms with Crippen LogP contribution in [0.5, 0.6) is 0 Å². The summed E-state index contributed by atoms with van der Waals surface area (Å²) in [5, 5.41) is 3.62. The summed E-state index contributed by atoms with van der Waals surface area (Å²) in [5.41, 5.74) is 2.60. The van der Waals surface area contributed by atoms with Crippen LogP contribution in [0.2, 0.25) is 10.0 Å². The van der Waals surface area contributed by atoms with Crippen LogP contribution >= 0.6 is 23.2 Å². The largest absolute Gasteiger partial charge is 0.454 e. The maximum atomic E-state index is 12.9. The Morgan fingerprint density at radius 1 is 1.06 bits per heavy atom. The van der Waals surface area contributed by atoms with Gasteiger partial charge in [-0.25, -0.2) is 4.79 Å². The predicted octanol–water partition coefficient (Wildman–Crippen LogP) is 4.34. The number of amides is 2. The molecule has 1 N–H and O–H groups in total. The molecule has 2 unspecified atom stereocenters. The molecule has 168 valence electrons. The first kappa shape index (κ1) is 22.6. The number of aryl methyl sites for hydroxylation is 1. The van der Waals surface area contributed by atoms with Gasteiger partial charge in [-0.1, -0.05) is 47.5 Å². The van der Waals surface area contributed by atoms with Crippen LogP contribution in [0, 0.1) is 0 Å². The van der Waals surface area contributed by atoms with Gasteiger partial charge in [-0.3, -0.25) is 9.59 Å². The Bertz CT molecular complexity index is 1040. The van der Waals surface area contributed by atoms with Crippen molar-refractivity contribution in [2.24, 2.45) is 0 Å². The molecule has 32 heavy (non-hydrogen) atoms. The quantitative estimate of drug-likeness (QED) is 0.654. The topological polar surface area (TPSA) is 75.7 Å². The molecular formula is C24H24Cl2N2O4. The lowest BCUT2D eigenvalue weighted by Gasteiger charge is -2.26. The molecule has 0 saturated carbocycles. The number of esters is 1. The molecular weight excluding hydrogens is 451 g/mol. The monoisotopic (exact) mass is 474 g/mol. The van der Waals surface area contributed by atoms with Gasteiger partial charge in [0.05, 0.1) is 16.6 Å². The summed E-state index contributed by atoms with van der Waals surface area (Å²) < 4.78 is 5.28. The Morgan fingerprint density at radius 2 is 1.88 bits per heavy atom. The smallest absolute Gasteiger partial charge is 0.329 e. The normalized spacial score (nSPS) is 19.9. The third-order valence-corrected chi connectivity index (χ3v) is 6.56. The average Bonchev–Trinajstić information content (AvgIpc) is 3.29. The Labute approximate surface area is 196 Å². The zero-order valence-electron chi connectivity index (χ0n) is 17.5. The van der Waals surface area contributed by atoms with Crippen LogP contribution in [-0.2, 0) is 20.7 Å². The first-order valence-electron chi connectivity index (χ1n) is 10.7. The van der Waals surface area contributed by atoms with Crippen molar-refractivity contribution >= 4 is 41.0 Å². The van der Waals surface area contributed by atoms with Crippen LogP contribution in [0.4, 0.5) is 0 Å². The predicted molar refractivity (Wildman–Crippen MR) is 122 cm³/mol. The van der Waals surface area contributed by atoms with Crippen LogP contribution in [0.25, 0.3) is 0 Å². The Morgan fingerprint density at radius 3 is 2.72 bits per heavy atom. The van der Waals surface area contributed by atoms with Gasteiger partial charge in [0, 0.05) is 11.6 Å². The minimum Gasteiger partial charge on any atom is -0.454 e. The number of halogens is 2. The van der Waals surface area contributed by atoms with Crippen LogP contribution in [0.3, 0.4) is 0 Å². The van der Waals surface area contributed by atoms with Gasteiger partial charge >= 0.3 is 5.97 Å². The third kappa shape index (κ3) is 4.92. The molecule has 1 saturated heterocycles. The van der Waals surface area contributed by atoms with Crippen molar-refractivity contribution in [3.05, 3.63) is 69.2 Å². The summed E-state index contributed by atoms with van der Waals surface area (Å²) in [6.45, 7) is 0.0282. The van der Waals surface area contributed by atoms with E-state index >= 15 is 0 Å². The fourth-order valence-electron chi connectivity index (χ4n) is 4.44. The summed E-state index contributed by atoms with van der Waals surface area (Å²) in [6.07, 6.45) is 3.98. The number of ether oxygens (including phenoxy) is 1. The van der Waals surface area contributed by atoms with Crippen LogP contribution in [0.1, 0.15) is 53.2 Å². The van der Waals surface area contributed by atoms with Gasteiger partial charge in [0.25, 0.3) is 11.8 Å². The highest BCUT2D eigenvalue weighted by Gasteiger charge is 2.36. The van der Waals surface area contributed by atoms with E-state index in [0.717, 1.165) is 24.8 Å². The van der Waals surface area contributed by atoms with Crippen molar-refractivity contribution in [3.8, 4) is 0 Å². The molecule has 1 aliphatic carbocycles. The summed E-state index contributed by atoms with van der Waals surface area (Å²) in [4.78, 5) is 39.5. The van der Waals surface area contributed by atoms with E-state index in [-0.39, 0.29) is 35.0 Å². The number of hydrogen-bond donors (Lipinski definition) is 1. The van der Waals surface area contributed by atoms with Gasteiger partial charge in [-0.05, 0) is 61.4 Å². The van der Waals surface area contributed by atoms with Crippen molar-refractivity contribution in [1.82, 2.24) is 10.2 Å². The Balaban J connectivity index is 1.35. The maximum Gasteiger partial charge on any atom is 0.329 e. The summed E-state index contributed by atoms with van der Waals surface area (Å²) in [5.74, 6) is -1.32. The van der Waals surface area contributed by atoms with Gasteiger partial charge in [-0.2, -0.15) is 0 Å². The number of carbonyl (C=O) groups is 3. The molecule has 2 amide bonds. The summed E-state index contributed by atoms with van der Waals surface area (Å²) in [7, 11) is 0. The number of nitrogens with one attached hydrogen (secondary N) is 1. The van der Waals surface area contributed by atoms with Gasteiger partial charge in [0.1, 0.15) is 6.04 Å². The molecule has 1 aliphatic heterocycles. The van der Waals surface area contributed by atoms with Crippen molar-refractivity contribution in [2.75, 3.05) is 13.2 Å². The zero-order chi connectivity index (χ0) is 22.7. The van der Waals surface area contributed by atoms with E-state index in [9.17, 15) is 14.4 Å². The van der Waals surface area contributed by atoms with Gasteiger partial charge < -0.3 is 15.0 Å². The molecule has 0 bridgehead atoms. The minimum atomic E-state index is -0.749. The number of carbonyl (C=O) groups excluding carboxylic acids is 3. The van der Waals surface area contributed by atoms with E-state index in [0.29, 0.717) is 24.4 Å². The standard InChI is InChI=1S/C24H24Cl2N2O4/c25-16-10-11-19(26)18(13-16)23(30)28-12-4-9-21(28)24(31)32-14-22(29)27-20-8-3-6-15-5-1-2-7-17(15)20/h1-2,5,7,10-11,13,20-21H,3-4,6,8-9,12,14H2,(H,27,29). The van der Waals surface area contributed by atoms with Crippen molar-refractivity contribution < 1.29 is 19.1 Å². The molecule has 2 aliphatic rings. The number of benzene rings is 2. The Hall–Kier alpha value is -2.57. The molecule has 4 rings (SSSR count). The number of rotatable bonds is 5. The highest BCUT2D eigenvalue weighted by molar-refractivity contribution is 6.35. The fraction of sp³-hybridized carbons (Fsp3) is 0.375. The first-order chi connectivity index (χ1) is 15.4. The highest BCUT2D eigenvalue weighted by Crippen LogP contribution is 2.29.